The number of alkyl halides is 2. The number of hydrogen-bond donors (Lipinski definition) is 1. The van der Waals surface area contributed by atoms with E-state index in [1.165, 1.54) is 32.4 Å². The van der Waals surface area contributed by atoms with Crippen molar-refractivity contribution in [2.75, 3.05) is 19.1 Å². The average Bonchev–Trinajstić information content (AvgIpc) is 3.23. The lowest BCUT2D eigenvalue weighted by Crippen LogP contribution is -2.60. The van der Waals surface area contributed by atoms with E-state index < -0.39 is 57.0 Å². The Morgan fingerprint density at radius 1 is 1.05 bits per heavy atom. The van der Waals surface area contributed by atoms with Crippen LogP contribution in [0.4, 0.5) is 10.1 Å². The van der Waals surface area contributed by atoms with Gasteiger partial charge in [0.1, 0.15) is 5.82 Å². The average molecular weight is 652 g/mol. The van der Waals surface area contributed by atoms with Crippen LogP contribution in [-0.4, -0.2) is 57.5 Å². The van der Waals surface area contributed by atoms with Crippen molar-refractivity contribution >= 4 is 68.4 Å². The molecule has 3 fully saturated rings. The van der Waals surface area contributed by atoms with Crippen LogP contribution in [0.2, 0.25) is 0 Å². The molecule has 0 spiro atoms. The van der Waals surface area contributed by atoms with Crippen LogP contribution < -0.4 is 9.64 Å². The molecule has 4 aliphatic rings. The van der Waals surface area contributed by atoms with Crippen molar-refractivity contribution in [2.45, 2.75) is 28.5 Å². The Morgan fingerprint density at radius 2 is 1.73 bits per heavy atom. The Bertz CT molecular complexity index is 1550. The summed E-state index contributed by atoms with van der Waals surface area (Å²) in [6.45, 7) is 0. The van der Waals surface area contributed by atoms with Crippen molar-refractivity contribution in [3.63, 3.8) is 0 Å². The highest BCUT2D eigenvalue weighted by Crippen LogP contribution is 2.66. The number of hydrogen-bond acceptors (Lipinski definition) is 6. The molecule has 2 aliphatic carbocycles. The molecule has 0 unspecified atom stereocenters. The number of ether oxygens (including phenoxy) is 1. The van der Waals surface area contributed by atoms with E-state index in [2.05, 4.69) is 15.9 Å². The van der Waals surface area contributed by atoms with Gasteiger partial charge in [-0.25, -0.2) is 9.29 Å². The Kier molecular flexibility index (Phi) is 6.14. The van der Waals surface area contributed by atoms with E-state index in [1.54, 1.807) is 12.1 Å². The van der Waals surface area contributed by atoms with Crippen molar-refractivity contribution in [3.8, 4) is 11.5 Å². The number of aromatic hydroxyl groups is 1. The molecule has 2 aromatic rings. The molecule has 1 N–H and O–H groups in total. The Labute approximate surface area is 246 Å². The number of carbonyl (C=O) groups is 4. The quantitative estimate of drug-likeness (QED) is 0.298. The van der Waals surface area contributed by atoms with Crippen LogP contribution in [0.5, 0.6) is 11.5 Å². The maximum Gasteiger partial charge on any atom is 0.258 e. The lowest BCUT2D eigenvalue weighted by Gasteiger charge is -2.50. The van der Waals surface area contributed by atoms with Gasteiger partial charge in [0.2, 0.25) is 11.8 Å². The number of nitrogens with zero attached hydrogens (tertiary/aromatic N) is 2. The minimum Gasteiger partial charge on any atom is -0.504 e. The molecule has 0 bridgehead atoms. The fourth-order valence-corrected chi connectivity index (χ4v) is 8.25. The monoisotopic (exact) mass is 650 g/mol. The minimum atomic E-state index is -2.16. The molecule has 6 atom stereocenters. The van der Waals surface area contributed by atoms with E-state index in [0.717, 1.165) is 21.9 Å². The first-order chi connectivity index (χ1) is 18.9. The highest BCUT2D eigenvalue weighted by atomic mass is 79.9. The second-order valence-electron chi connectivity index (χ2n) is 10.5. The Morgan fingerprint density at radius 3 is 2.38 bits per heavy atom. The summed E-state index contributed by atoms with van der Waals surface area (Å²) < 4.78 is 19.6. The molecule has 6 rings (SSSR count). The van der Waals surface area contributed by atoms with Crippen LogP contribution >= 0.6 is 39.1 Å². The number of rotatable bonds is 3. The van der Waals surface area contributed by atoms with Crippen LogP contribution in [-0.2, 0) is 19.2 Å². The molecule has 0 radical (unpaired) electrons. The lowest BCUT2D eigenvalue weighted by molar-refractivity contribution is -0.138. The predicted octanol–water partition coefficient (Wildman–Crippen LogP) is 4.50. The third-order valence-corrected chi connectivity index (χ3v) is 10.6. The van der Waals surface area contributed by atoms with Crippen LogP contribution in [0.3, 0.4) is 0 Å². The number of benzene rings is 2. The molecule has 2 aliphatic heterocycles. The molecule has 4 amide bonds. The van der Waals surface area contributed by atoms with Crippen molar-refractivity contribution in [2.24, 2.45) is 17.8 Å². The predicted molar refractivity (Wildman–Crippen MR) is 147 cm³/mol. The number of likely N-dealkylation sites (tertiary alicyclic amines) is 1. The number of phenols is 1. The SMILES string of the molecule is COc1cc(Br)cc([C@H]2C3=CC[C@@H]4C(=O)N(C)C(=O)[C@@H]4[C@@H]3C[C@@]3(Cl)C(=O)N(c4ccc(F)cc4)C(=O)[C@@]23Cl)c1O. The molecular weight excluding hydrogens is 630 g/mol. The Balaban J connectivity index is 1.62. The van der Waals surface area contributed by atoms with Gasteiger partial charge in [0.15, 0.2) is 21.2 Å². The maximum absolute atomic E-state index is 14.3. The van der Waals surface area contributed by atoms with Crippen molar-refractivity contribution in [3.05, 3.63) is 63.9 Å². The first-order valence-electron chi connectivity index (χ1n) is 12.5. The fourth-order valence-electron chi connectivity index (χ4n) is 6.87. The number of allylic oxidation sites excluding steroid dienone is 2. The summed E-state index contributed by atoms with van der Waals surface area (Å²) in [4.78, 5) is 52.3. The zero-order valence-electron chi connectivity index (χ0n) is 21.2. The van der Waals surface area contributed by atoms with E-state index in [1.807, 2.05) is 0 Å². The number of imide groups is 2. The van der Waals surface area contributed by atoms with Crippen LogP contribution in [0.15, 0.2) is 52.5 Å². The third kappa shape index (κ3) is 3.36. The first kappa shape index (κ1) is 27.2. The number of phenolic OH excluding ortho intramolecular Hbond substituents is 1. The zero-order valence-corrected chi connectivity index (χ0v) is 24.3. The molecule has 2 aromatic carbocycles. The van der Waals surface area contributed by atoms with Gasteiger partial charge in [0.25, 0.3) is 11.8 Å². The second-order valence-corrected chi connectivity index (χ2v) is 12.7. The molecular formula is C28H22BrCl2FN2O6. The summed E-state index contributed by atoms with van der Waals surface area (Å²) in [5.74, 6) is -6.62. The number of methoxy groups -OCH3 is 1. The van der Waals surface area contributed by atoms with Crippen LogP contribution in [0.25, 0.3) is 0 Å². The smallest absolute Gasteiger partial charge is 0.258 e. The highest BCUT2D eigenvalue weighted by molar-refractivity contribution is 9.10. The molecule has 2 heterocycles. The summed E-state index contributed by atoms with van der Waals surface area (Å²) in [5, 5.41) is 11.3. The molecule has 208 valence electrons. The summed E-state index contributed by atoms with van der Waals surface area (Å²) in [5.41, 5.74) is 0.761. The van der Waals surface area contributed by atoms with Gasteiger partial charge in [-0.15, -0.1) is 23.2 Å². The van der Waals surface area contributed by atoms with E-state index in [0.29, 0.717) is 10.0 Å². The maximum atomic E-state index is 14.3. The number of fused-ring (bicyclic) bond motifs is 4. The van der Waals surface area contributed by atoms with Gasteiger partial charge >= 0.3 is 0 Å². The van der Waals surface area contributed by atoms with Gasteiger partial charge in [-0.2, -0.15) is 0 Å². The summed E-state index contributed by atoms with van der Waals surface area (Å²) in [7, 11) is 2.78. The number of carbonyl (C=O) groups excluding carboxylic acids is 4. The van der Waals surface area contributed by atoms with Crippen LogP contribution in [0.1, 0.15) is 24.3 Å². The van der Waals surface area contributed by atoms with Gasteiger partial charge in [0, 0.05) is 23.0 Å². The zero-order chi connectivity index (χ0) is 28.9. The third-order valence-electron chi connectivity index (χ3n) is 8.72. The molecule has 1 saturated carbocycles. The van der Waals surface area contributed by atoms with E-state index in [9.17, 15) is 28.7 Å². The molecule has 8 nitrogen and oxygen atoms in total. The normalized spacial score (nSPS) is 33.1. The summed E-state index contributed by atoms with van der Waals surface area (Å²) in [6.07, 6.45) is 1.77. The lowest BCUT2D eigenvalue weighted by atomic mass is 9.56. The van der Waals surface area contributed by atoms with E-state index >= 15 is 0 Å². The fraction of sp³-hybridized carbons (Fsp3) is 0.357. The van der Waals surface area contributed by atoms with Crippen molar-refractivity contribution in [1.82, 2.24) is 4.90 Å². The van der Waals surface area contributed by atoms with Gasteiger partial charge in [-0.05, 0) is 55.2 Å². The molecule has 2 saturated heterocycles. The van der Waals surface area contributed by atoms with Crippen LogP contribution in [0, 0.1) is 23.6 Å². The molecule has 40 heavy (non-hydrogen) atoms. The number of amides is 4. The highest BCUT2D eigenvalue weighted by Gasteiger charge is 2.76. The van der Waals surface area contributed by atoms with Gasteiger partial charge in [-0.3, -0.25) is 24.1 Å². The standard InChI is InChI=1S/C28H22BrCl2FN2O6/c1-33-23(36)16-8-7-15-18(20(16)24(33)37)11-27(30)25(38)34(14-5-3-13(32)4-6-14)26(39)28(27,31)21(15)17-9-12(29)10-19(40-2)22(17)35/h3-7,9-10,16,18,20-21,35H,8,11H2,1-2H3/t16-,18+,20-,21+,27+,28-/m0/s1. The first-order valence-corrected chi connectivity index (χ1v) is 14.0. The van der Waals surface area contributed by atoms with E-state index in [-0.39, 0.29) is 41.5 Å². The van der Waals surface area contributed by atoms with Gasteiger partial charge in [0.05, 0.1) is 24.6 Å². The minimum absolute atomic E-state index is 0.0716. The number of anilines is 1. The number of halogens is 4. The largest absolute Gasteiger partial charge is 0.504 e. The molecule has 0 aromatic heterocycles. The van der Waals surface area contributed by atoms with Gasteiger partial charge < -0.3 is 9.84 Å². The topological polar surface area (TPSA) is 104 Å². The van der Waals surface area contributed by atoms with E-state index in [4.69, 9.17) is 27.9 Å². The molecule has 12 heteroatoms. The second kappa shape index (κ2) is 9.03. The summed E-state index contributed by atoms with van der Waals surface area (Å²) in [6, 6.07) is 7.84. The Hall–Kier alpha value is -2.95. The van der Waals surface area contributed by atoms with Crippen molar-refractivity contribution in [1.29, 1.82) is 0 Å². The van der Waals surface area contributed by atoms with Gasteiger partial charge in [-0.1, -0.05) is 27.6 Å². The summed E-state index contributed by atoms with van der Waals surface area (Å²) >= 11 is 17.9. The van der Waals surface area contributed by atoms with Crippen molar-refractivity contribution < 1.29 is 33.4 Å².